The number of H-pyrrole nitrogens is 1. The smallest absolute Gasteiger partial charge is 0.408 e. The van der Waals surface area contributed by atoms with E-state index < -0.39 is 6.09 Å². The fourth-order valence-corrected chi connectivity index (χ4v) is 2.89. The fourth-order valence-electron chi connectivity index (χ4n) is 2.89. The van der Waals surface area contributed by atoms with Crippen LogP contribution in [0.1, 0.15) is 38.0 Å². The summed E-state index contributed by atoms with van der Waals surface area (Å²) in [6.45, 7) is 5.81. The fraction of sp³-hybridized carbons (Fsp3) is 0.286. The zero-order valence-corrected chi connectivity index (χ0v) is 14.9. The van der Waals surface area contributed by atoms with Crippen molar-refractivity contribution < 1.29 is 9.53 Å². The molecule has 130 valence electrons. The number of ether oxygens (including phenoxy) is 1. The number of rotatable bonds is 4. The number of aromatic amines is 1. The van der Waals surface area contributed by atoms with Gasteiger partial charge in [0, 0.05) is 23.7 Å². The Hall–Kier alpha value is -2.75. The second-order valence-electron chi connectivity index (χ2n) is 7.25. The van der Waals surface area contributed by atoms with Crippen molar-refractivity contribution in [1.82, 2.24) is 10.3 Å². The molecule has 3 aromatic rings. The Labute approximate surface area is 148 Å². The summed E-state index contributed by atoms with van der Waals surface area (Å²) in [5, 5.41) is 3.98. The lowest BCUT2D eigenvalue weighted by atomic mass is 9.99. The molecule has 1 heterocycles. The van der Waals surface area contributed by atoms with Crippen LogP contribution in [0, 0.1) is 0 Å². The first kappa shape index (κ1) is 17.1. The Morgan fingerprint density at radius 3 is 2.56 bits per heavy atom. The normalized spacial score (nSPS) is 12.8. The number of aromatic nitrogens is 1. The van der Waals surface area contributed by atoms with Gasteiger partial charge in [0.25, 0.3) is 0 Å². The molecule has 25 heavy (non-hydrogen) atoms. The first-order chi connectivity index (χ1) is 11.9. The van der Waals surface area contributed by atoms with Crippen LogP contribution in [0.2, 0.25) is 0 Å². The van der Waals surface area contributed by atoms with Gasteiger partial charge in [-0.15, -0.1) is 0 Å². The zero-order valence-electron chi connectivity index (χ0n) is 14.9. The standard InChI is InChI=1S/C21H24N2O2/c1-21(2,3)23-20(24)25-18(14-15-8-5-4-6-9-15)17-11-7-10-16-12-13-22-19(16)17/h4-13,18,22H,14H2,1-3H3,(H,23,24). The molecule has 0 saturated carbocycles. The highest BCUT2D eigenvalue weighted by atomic mass is 16.6. The Bertz CT molecular complexity index is 847. The van der Waals surface area contributed by atoms with E-state index in [-0.39, 0.29) is 11.6 Å². The Kier molecular flexibility index (Phi) is 4.79. The molecular formula is C21H24N2O2. The third-order valence-electron chi connectivity index (χ3n) is 3.96. The Morgan fingerprint density at radius 1 is 1.08 bits per heavy atom. The van der Waals surface area contributed by atoms with Crippen molar-refractivity contribution in [2.75, 3.05) is 0 Å². The maximum absolute atomic E-state index is 12.4. The molecule has 0 aliphatic rings. The van der Waals surface area contributed by atoms with E-state index in [2.05, 4.69) is 10.3 Å². The highest BCUT2D eigenvalue weighted by Gasteiger charge is 2.22. The molecule has 0 saturated heterocycles. The number of hydrogen-bond donors (Lipinski definition) is 2. The first-order valence-corrected chi connectivity index (χ1v) is 8.51. The number of carbonyl (C=O) groups is 1. The van der Waals surface area contributed by atoms with Crippen molar-refractivity contribution in [2.24, 2.45) is 0 Å². The summed E-state index contributed by atoms with van der Waals surface area (Å²) in [5.41, 5.74) is 2.77. The van der Waals surface area contributed by atoms with Gasteiger partial charge in [0.15, 0.2) is 0 Å². The SMILES string of the molecule is CC(C)(C)NC(=O)OC(Cc1ccccc1)c1cccc2cc[nH]c12. The van der Waals surface area contributed by atoms with Crippen LogP contribution in [-0.4, -0.2) is 16.6 Å². The molecule has 0 spiro atoms. The minimum atomic E-state index is -0.406. The minimum Gasteiger partial charge on any atom is -0.441 e. The number of alkyl carbamates (subject to hydrolysis) is 1. The van der Waals surface area contributed by atoms with E-state index >= 15 is 0 Å². The summed E-state index contributed by atoms with van der Waals surface area (Å²) < 4.78 is 5.82. The molecule has 2 aromatic carbocycles. The van der Waals surface area contributed by atoms with Crippen molar-refractivity contribution in [3.63, 3.8) is 0 Å². The topological polar surface area (TPSA) is 54.1 Å². The van der Waals surface area contributed by atoms with Crippen LogP contribution in [0.4, 0.5) is 4.79 Å². The Morgan fingerprint density at radius 2 is 1.84 bits per heavy atom. The maximum Gasteiger partial charge on any atom is 0.408 e. The van der Waals surface area contributed by atoms with Crippen molar-refractivity contribution in [1.29, 1.82) is 0 Å². The lowest BCUT2D eigenvalue weighted by molar-refractivity contribution is 0.0916. The number of fused-ring (bicyclic) bond motifs is 1. The summed E-state index contributed by atoms with van der Waals surface area (Å²) in [4.78, 5) is 15.6. The van der Waals surface area contributed by atoms with E-state index in [0.717, 1.165) is 22.0 Å². The van der Waals surface area contributed by atoms with Gasteiger partial charge in [-0.2, -0.15) is 0 Å². The van der Waals surface area contributed by atoms with E-state index in [9.17, 15) is 4.79 Å². The van der Waals surface area contributed by atoms with Crippen molar-refractivity contribution in [3.8, 4) is 0 Å². The first-order valence-electron chi connectivity index (χ1n) is 8.51. The number of nitrogens with one attached hydrogen (secondary N) is 2. The summed E-state index contributed by atoms with van der Waals surface area (Å²) in [6.07, 6.45) is 1.75. The molecule has 0 aliphatic carbocycles. The molecule has 4 heteroatoms. The summed E-state index contributed by atoms with van der Waals surface area (Å²) >= 11 is 0. The van der Waals surface area contributed by atoms with E-state index in [0.29, 0.717) is 6.42 Å². The van der Waals surface area contributed by atoms with Gasteiger partial charge in [0.1, 0.15) is 6.10 Å². The molecule has 3 rings (SSSR count). The van der Waals surface area contributed by atoms with Gasteiger partial charge in [0.05, 0.1) is 5.52 Å². The average molecular weight is 336 g/mol. The lowest BCUT2D eigenvalue weighted by Gasteiger charge is -2.24. The molecule has 0 radical (unpaired) electrons. The van der Waals surface area contributed by atoms with Crippen LogP contribution in [0.5, 0.6) is 0 Å². The number of carbonyl (C=O) groups excluding carboxylic acids is 1. The van der Waals surface area contributed by atoms with E-state index in [4.69, 9.17) is 4.74 Å². The molecule has 1 amide bonds. The molecule has 1 aromatic heterocycles. The largest absolute Gasteiger partial charge is 0.441 e. The lowest BCUT2D eigenvalue weighted by Crippen LogP contribution is -2.41. The van der Waals surface area contributed by atoms with Crippen LogP contribution in [0.15, 0.2) is 60.8 Å². The van der Waals surface area contributed by atoms with Crippen molar-refractivity contribution in [3.05, 3.63) is 71.9 Å². The quantitative estimate of drug-likeness (QED) is 0.706. The molecule has 0 aliphatic heterocycles. The molecule has 1 atom stereocenters. The van der Waals surface area contributed by atoms with Gasteiger partial charge in [-0.3, -0.25) is 0 Å². The van der Waals surface area contributed by atoms with Gasteiger partial charge >= 0.3 is 6.09 Å². The monoisotopic (exact) mass is 336 g/mol. The number of amides is 1. The van der Waals surface area contributed by atoms with Crippen LogP contribution < -0.4 is 5.32 Å². The third-order valence-corrected chi connectivity index (χ3v) is 3.96. The predicted octanol–water partition coefficient (Wildman–Crippen LogP) is 4.98. The van der Waals surface area contributed by atoms with Crippen LogP contribution in [0.25, 0.3) is 10.9 Å². The van der Waals surface area contributed by atoms with Gasteiger partial charge < -0.3 is 15.0 Å². The van der Waals surface area contributed by atoms with Crippen LogP contribution in [0.3, 0.4) is 0 Å². The van der Waals surface area contributed by atoms with Crippen molar-refractivity contribution in [2.45, 2.75) is 38.8 Å². The number of hydrogen-bond acceptors (Lipinski definition) is 2. The van der Waals surface area contributed by atoms with Gasteiger partial charge in [-0.05, 0) is 37.8 Å². The van der Waals surface area contributed by atoms with E-state index in [1.807, 2.05) is 81.6 Å². The molecule has 0 fully saturated rings. The third kappa shape index (κ3) is 4.41. The average Bonchev–Trinajstić information content (AvgIpc) is 3.02. The maximum atomic E-state index is 12.4. The second-order valence-corrected chi connectivity index (χ2v) is 7.25. The molecule has 2 N–H and O–H groups in total. The van der Waals surface area contributed by atoms with Gasteiger partial charge in [-0.1, -0.05) is 48.5 Å². The van der Waals surface area contributed by atoms with Crippen molar-refractivity contribution >= 4 is 17.0 Å². The summed E-state index contributed by atoms with van der Waals surface area (Å²) in [6, 6.07) is 18.1. The molecular weight excluding hydrogens is 312 g/mol. The summed E-state index contributed by atoms with van der Waals surface area (Å²) in [7, 11) is 0. The zero-order chi connectivity index (χ0) is 17.9. The van der Waals surface area contributed by atoms with E-state index in [1.165, 1.54) is 0 Å². The van der Waals surface area contributed by atoms with Crippen LogP contribution >= 0.6 is 0 Å². The molecule has 1 unspecified atom stereocenters. The van der Waals surface area contributed by atoms with E-state index in [1.54, 1.807) is 0 Å². The molecule has 4 nitrogen and oxygen atoms in total. The number of benzene rings is 2. The number of para-hydroxylation sites is 1. The van der Waals surface area contributed by atoms with Gasteiger partial charge in [-0.25, -0.2) is 4.79 Å². The van der Waals surface area contributed by atoms with Crippen LogP contribution in [-0.2, 0) is 11.2 Å². The summed E-state index contributed by atoms with van der Waals surface area (Å²) in [5.74, 6) is 0. The predicted molar refractivity (Wildman–Crippen MR) is 101 cm³/mol. The second kappa shape index (κ2) is 7.01. The van der Waals surface area contributed by atoms with Gasteiger partial charge in [0.2, 0.25) is 0 Å². The minimum absolute atomic E-state index is 0.340. The Balaban J connectivity index is 1.91. The molecule has 0 bridgehead atoms. The highest BCUT2D eigenvalue weighted by Crippen LogP contribution is 2.29. The highest BCUT2D eigenvalue weighted by molar-refractivity contribution is 5.83.